The molecule has 0 aromatic rings. The molecule has 1 unspecified atom stereocenters. The van der Waals surface area contributed by atoms with Crippen LogP contribution < -0.4 is 0 Å². The Balaban J connectivity index is -0.000000114. The predicted molar refractivity (Wildman–Crippen MR) is 35.7 cm³/mol. The van der Waals surface area contributed by atoms with Gasteiger partial charge in [0.25, 0.3) is 0 Å². The zero-order valence-electron chi connectivity index (χ0n) is 5.86. The molecule has 0 saturated heterocycles. The minimum Gasteiger partial charge on any atom is -0.750 e. The van der Waals surface area contributed by atoms with Crippen molar-refractivity contribution in [2.45, 2.75) is 6.92 Å². The Bertz CT molecular complexity index is 144. The number of rotatable bonds is 1. The van der Waals surface area contributed by atoms with E-state index < -0.39 is 17.3 Å². The van der Waals surface area contributed by atoms with Crippen LogP contribution in [0.2, 0.25) is 0 Å². The maximum absolute atomic E-state index is 9.71. The van der Waals surface area contributed by atoms with Crippen molar-refractivity contribution in [1.29, 1.82) is 0 Å². The molecule has 0 fully saturated rings. The Labute approximate surface area is 92.4 Å². The second-order valence-corrected chi connectivity index (χ2v) is 1.76. The summed E-state index contributed by atoms with van der Waals surface area (Å²) in [5.74, 6) is -0.685. The van der Waals surface area contributed by atoms with E-state index in [1.807, 2.05) is 0 Å². The van der Waals surface area contributed by atoms with Gasteiger partial charge in [-0.1, -0.05) is 6.58 Å². The molecule has 1 atom stereocenters. The third-order valence-corrected chi connectivity index (χ3v) is 0.388. The van der Waals surface area contributed by atoms with Crippen LogP contribution >= 0.6 is 0 Å². The van der Waals surface area contributed by atoms with Gasteiger partial charge >= 0.3 is 0 Å². The summed E-state index contributed by atoms with van der Waals surface area (Å²) in [5.41, 5.74) is 6.58. The summed E-state index contributed by atoms with van der Waals surface area (Å²) in [6, 6.07) is 0. The van der Waals surface area contributed by atoms with Gasteiger partial charge in [0.05, 0.1) is 17.3 Å². The normalized spacial score (nSPS) is 9.73. The zero-order chi connectivity index (χ0) is 8.73. The van der Waals surface area contributed by atoms with E-state index in [4.69, 9.17) is 19.0 Å². The van der Waals surface area contributed by atoms with Crippen LogP contribution in [0.1, 0.15) is 6.92 Å². The molecule has 0 aliphatic heterocycles. The van der Waals surface area contributed by atoms with Crippen molar-refractivity contribution in [1.82, 2.24) is 0 Å². The first kappa shape index (κ1) is 17.5. The second kappa shape index (κ2) is 10.4. The first-order chi connectivity index (χ1) is 4.37. The van der Waals surface area contributed by atoms with Crippen molar-refractivity contribution in [3.63, 3.8) is 0 Å². The van der Waals surface area contributed by atoms with Gasteiger partial charge in [-0.05, 0) is 12.5 Å². The Morgan fingerprint density at radius 1 is 1.73 bits per heavy atom. The van der Waals surface area contributed by atoms with Crippen LogP contribution in [0.5, 0.6) is 0 Å². The van der Waals surface area contributed by atoms with Crippen molar-refractivity contribution in [2.24, 2.45) is 0 Å². The van der Waals surface area contributed by atoms with Crippen molar-refractivity contribution >= 4 is 17.3 Å². The standard InChI is InChI=1S/C4H7NO.H2O3S.Y/c1-3(2)4(5)6;1-4(2)3;/h1H2,2H3,(H2,5,6);(H2,1,2,3);/p-2. The molecule has 5 nitrogen and oxygen atoms in total. The SMILES string of the molecule is C=C(C)C([NH-])=O.O=S([O-])O.[Y]. The quantitative estimate of drug-likeness (QED) is 0.543. The van der Waals surface area contributed by atoms with Crippen LogP contribution in [0.15, 0.2) is 12.2 Å². The average molecular weight is 254 g/mol. The summed E-state index contributed by atoms with van der Waals surface area (Å²) in [7, 11) is 0. The van der Waals surface area contributed by atoms with Crippen molar-refractivity contribution in [2.75, 3.05) is 0 Å². The maximum Gasteiger partial charge on any atom is 0.0814 e. The van der Waals surface area contributed by atoms with Gasteiger partial charge in [0, 0.05) is 32.7 Å². The Kier molecular flexibility index (Phi) is 16.5. The van der Waals surface area contributed by atoms with Crippen molar-refractivity contribution in [3.05, 3.63) is 17.9 Å². The molecule has 0 saturated carbocycles. The topological polar surface area (TPSA) is 101 Å². The first-order valence-corrected chi connectivity index (χ1v) is 3.11. The Hall–Kier alpha value is 0.384. The first-order valence-electron chi connectivity index (χ1n) is 2.07. The summed E-state index contributed by atoms with van der Waals surface area (Å²) < 4.78 is 24.1. The predicted octanol–water partition coefficient (Wildman–Crippen LogP) is 0.477. The van der Waals surface area contributed by atoms with Gasteiger partial charge in [0.15, 0.2) is 0 Å². The zero-order valence-corrected chi connectivity index (χ0v) is 9.52. The van der Waals surface area contributed by atoms with Gasteiger partial charge < -0.3 is 19.6 Å². The number of carbonyl (C=O) groups excluding carboxylic acids is 1. The van der Waals surface area contributed by atoms with E-state index in [2.05, 4.69) is 6.58 Å². The fourth-order valence-corrected chi connectivity index (χ4v) is 0. The molecule has 0 spiro atoms. The third-order valence-electron chi connectivity index (χ3n) is 0.388. The Morgan fingerprint density at radius 3 is 1.82 bits per heavy atom. The van der Waals surface area contributed by atoms with Gasteiger partial charge in [-0.15, -0.1) is 0 Å². The van der Waals surface area contributed by atoms with Crippen LogP contribution in [0.25, 0.3) is 5.73 Å². The average Bonchev–Trinajstić information content (AvgIpc) is 1.63. The molecular weight excluding hydrogens is 247 g/mol. The van der Waals surface area contributed by atoms with Crippen LogP contribution in [-0.2, 0) is 48.9 Å². The van der Waals surface area contributed by atoms with E-state index in [1.165, 1.54) is 6.92 Å². The molecule has 11 heavy (non-hydrogen) atoms. The molecule has 0 bridgehead atoms. The minimum atomic E-state index is -2.86. The second-order valence-electron chi connectivity index (χ2n) is 1.33. The minimum absolute atomic E-state index is 0. The summed E-state index contributed by atoms with van der Waals surface area (Å²) >= 11 is -2.86. The number of hydrogen-bond donors (Lipinski definition) is 1. The van der Waals surface area contributed by atoms with E-state index in [9.17, 15) is 4.79 Å². The van der Waals surface area contributed by atoms with Crippen molar-refractivity contribution < 1.29 is 50.8 Å². The molecule has 1 amide bonds. The number of amides is 1. The number of hydrogen-bond acceptors (Lipinski definition) is 3. The summed E-state index contributed by atoms with van der Waals surface area (Å²) in [6.45, 7) is 4.73. The molecule has 0 aliphatic rings. The summed E-state index contributed by atoms with van der Waals surface area (Å²) in [5, 5.41) is 0. The molecule has 0 aliphatic carbocycles. The molecule has 0 aromatic heterocycles. The van der Waals surface area contributed by atoms with Gasteiger partial charge in [0.2, 0.25) is 0 Å². The van der Waals surface area contributed by atoms with E-state index >= 15 is 0 Å². The fourth-order valence-electron chi connectivity index (χ4n) is 0. The van der Waals surface area contributed by atoms with Crippen molar-refractivity contribution in [3.8, 4) is 0 Å². The molecule has 0 heterocycles. The molecular formula is C4H7NO4SY-2. The molecule has 7 heteroatoms. The molecule has 1 radical (unpaired) electrons. The smallest absolute Gasteiger partial charge is 0.0814 e. The van der Waals surface area contributed by atoms with E-state index in [1.54, 1.807) is 0 Å². The van der Waals surface area contributed by atoms with Crippen LogP contribution in [-0.4, -0.2) is 19.2 Å². The van der Waals surface area contributed by atoms with Crippen LogP contribution in [0, 0.1) is 0 Å². The van der Waals surface area contributed by atoms with E-state index in [0.717, 1.165) is 0 Å². The monoisotopic (exact) mass is 254 g/mol. The van der Waals surface area contributed by atoms with E-state index in [0.29, 0.717) is 0 Å². The van der Waals surface area contributed by atoms with Crippen LogP contribution in [0.3, 0.4) is 0 Å². The van der Waals surface area contributed by atoms with Gasteiger partial charge in [0.1, 0.15) is 0 Å². The Morgan fingerprint density at radius 2 is 1.82 bits per heavy atom. The molecule has 0 rings (SSSR count). The molecule has 0 aromatic carbocycles. The third kappa shape index (κ3) is 38.0. The van der Waals surface area contributed by atoms with E-state index in [-0.39, 0.29) is 38.3 Å². The molecule has 2 N–H and O–H groups in total. The maximum atomic E-state index is 9.71. The number of carbonyl (C=O) groups is 1. The summed E-state index contributed by atoms with van der Waals surface area (Å²) in [4.78, 5) is 9.71. The fraction of sp³-hybridized carbons (Fsp3) is 0.250. The van der Waals surface area contributed by atoms with Gasteiger partial charge in [-0.2, -0.15) is 0 Å². The summed E-state index contributed by atoms with van der Waals surface area (Å²) in [6.07, 6.45) is 0. The van der Waals surface area contributed by atoms with Gasteiger partial charge in [-0.3, -0.25) is 0 Å². The largest absolute Gasteiger partial charge is 0.750 e. The number of nitrogens with one attached hydrogen (secondary N) is 1. The van der Waals surface area contributed by atoms with Gasteiger partial charge in [-0.25, -0.2) is 4.21 Å². The molecule has 63 valence electrons. The van der Waals surface area contributed by atoms with Crippen LogP contribution in [0.4, 0.5) is 0 Å².